The molecular weight excluding hydrogens is 137 g/mol. The minimum atomic E-state index is -0.297. The first-order valence-electron chi connectivity index (χ1n) is 2.99. The summed E-state index contributed by atoms with van der Waals surface area (Å²) < 4.78 is 0. The molecule has 9 heavy (non-hydrogen) atoms. The molecule has 1 aliphatic rings. The molecule has 0 saturated heterocycles. The van der Waals surface area contributed by atoms with E-state index in [-0.39, 0.29) is 5.28 Å². The summed E-state index contributed by atoms with van der Waals surface area (Å²) in [7, 11) is 3.93. The average Bonchev–Trinajstić information content (AvgIpc) is 1.81. The first-order valence-corrected chi connectivity index (χ1v) is 3.57. The first-order chi connectivity index (χ1) is 4.19. The predicted molar refractivity (Wildman–Crippen MR) is 38.5 cm³/mol. The molecule has 0 N–H and O–H groups in total. The van der Waals surface area contributed by atoms with Crippen LogP contribution in [0.4, 0.5) is 0 Å². The van der Waals surface area contributed by atoms with Crippen molar-refractivity contribution in [2.24, 2.45) is 0 Å². The lowest BCUT2D eigenvalue weighted by Gasteiger charge is -2.49. The molecule has 1 rings (SSSR count). The molecule has 1 aliphatic carbocycles. The van der Waals surface area contributed by atoms with Gasteiger partial charge in [-0.2, -0.15) is 0 Å². The van der Waals surface area contributed by atoms with Crippen molar-refractivity contribution in [3.05, 3.63) is 5.21 Å². The minimum Gasteiger partial charge on any atom is -0.761 e. The summed E-state index contributed by atoms with van der Waals surface area (Å²) in [5, 5.41) is 11.2. The molecule has 0 heterocycles. The molecule has 0 aromatic heterocycles. The third kappa shape index (κ3) is 1.24. The summed E-state index contributed by atoms with van der Waals surface area (Å²) in [5.74, 6) is 0. The summed E-state index contributed by atoms with van der Waals surface area (Å²) in [5.41, 5.74) is 0. The van der Waals surface area contributed by atoms with Crippen LogP contribution in [0.15, 0.2) is 0 Å². The quantitative estimate of drug-likeness (QED) is 0.434. The Morgan fingerprint density at radius 3 is 2.33 bits per heavy atom. The highest BCUT2D eigenvalue weighted by Gasteiger charge is 2.33. The summed E-state index contributed by atoms with van der Waals surface area (Å²) in [4.78, 5) is 4.51. The predicted octanol–water partition coefficient (Wildman–Crippen LogP) is 1.10. The lowest BCUT2D eigenvalue weighted by atomic mass is 9.93. The maximum Gasteiger partial charge on any atom is 0.0563 e. The van der Waals surface area contributed by atoms with Gasteiger partial charge < -0.3 is 10.0 Å². The van der Waals surface area contributed by atoms with Gasteiger partial charge in [-0.05, 0) is 19.3 Å². The smallest absolute Gasteiger partial charge is 0.0563 e. The molecule has 1 unspecified atom stereocenters. The Labute approximate surface area is 57.1 Å². The zero-order valence-corrected chi connectivity index (χ0v) is 6.62. The van der Waals surface area contributed by atoms with Crippen LogP contribution in [0.2, 0.25) is 0 Å². The maximum atomic E-state index is 10.8. The van der Waals surface area contributed by atoms with Crippen molar-refractivity contribution in [3.63, 3.8) is 0 Å². The van der Waals surface area contributed by atoms with Crippen molar-refractivity contribution in [3.8, 4) is 0 Å². The number of hydrogen-bond donors (Lipinski definition) is 0. The Morgan fingerprint density at radius 2 is 2.22 bits per heavy atom. The van der Waals surface area contributed by atoms with E-state index in [9.17, 15) is 5.21 Å². The average molecular weight is 148 g/mol. The molecule has 4 heteroatoms. The molecule has 0 aromatic rings. The third-order valence-electron chi connectivity index (χ3n) is 1.75. The topological polar surface area (TPSA) is 35.5 Å². The van der Waals surface area contributed by atoms with Crippen LogP contribution in [-0.4, -0.2) is 17.6 Å². The van der Waals surface area contributed by atoms with Crippen LogP contribution in [0.25, 0.3) is 0 Å². The largest absolute Gasteiger partial charge is 0.761 e. The van der Waals surface area contributed by atoms with Gasteiger partial charge in [-0.25, -0.2) is 0 Å². The van der Waals surface area contributed by atoms with Crippen molar-refractivity contribution in [2.75, 3.05) is 7.11 Å². The van der Waals surface area contributed by atoms with Crippen LogP contribution in [0.1, 0.15) is 19.3 Å². The van der Waals surface area contributed by atoms with E-state index < -0.39 is 0 Å². The summed E-state index contributed by atoms with van der Waals surface area (Å²) >= 11 is 0. The second-order valence-electron chi connectivity index (χ2n) is 2.40. The standard InChI is InChI=1S/C5H11NO2P/c1-8-6(7)5(9)3-2-4-5/h2-4,9H2,1H3/q-1. The Bertz CT molecular complexity index is 105. The van der Waals surface area contributed by atoms with Gasteiger partial charge in [0.1, 0.15) is 0 Å². The Kier molecular flexibility index (Phi) is 2.07. The van der Waals surface area contributed by atoms with Gasteiger partial charge >= 0.3 is 0 Å². The van der Waals surface area contributed by atoms with E-state index in [4.69, 9.17) is 0 Å². The van der Waals surface area contributed by atoms with Crippen LogP contribution in [0.3, 0.4) is 0 Å². The molecule has 1 atom stereocenters. The molecule has 0 spiro atoms. The third-order valence-corrected chi connectivity index (χ3v) is 2.54. The molecule has 0 aliphatic heterocycles. The molecule has 0 bridgehead atoms. The van der Waals surface area contributed by atoms with Crippen LogP contribution in [-0.2, 0) is 4.84 Å². The van der Waals surface area contributed by atoms with E-state index in [1.807, 2.05) is 0 Å². The molecule has 0 aromatic carbocycles. The normalized spacial score (nSPS) is 24.0. The zero-order valence-electron chi connectivity index (χ0n) is 5.46. The number of hydroxylamine groups is 2. The van der Waals surface area contributed by atoms with Gasteiger partial charge in [0.15, 0.2) is 0 Å². The molecule has 0 amide bonds. The second-order valence-corrected chi connectivity index (χ2v) is 3.47. The van der Waals surface area contributed by atoms with Gasteiger partial charge in [0.05, 0.1) is 7.11 Å². The van der Waals surface area contributed by atoms with Crippen molar-refractivity contribution >= 4 is 9.24 Å². The molecule has 3 nitrogen and oxygen atoms in total. The highest BCUT2D eigenvalue weighted by molar-refractivity contribution is 7.19. The molecule has 1 saturated carbocycles. The highest BCUT2D eigenvalue weighted by Crippen LogP contribution is 2.42. The highest BCUT2D eigenvalue weighted by atomic mass is 31.0. The van der Waals surface area contributed by atoms with Crippen LogP contribution >= 0.6 is 9.24 Å². The van der Waals surface area contributed by atoms with Crippen LogP contribution < -0.4 is 0 Å². The number of hydrogen-bond acceptors (Lipinski definition) is 3. The van der Waals surface area contributed by atoms with E-state index in [0.29, 0.717) is 5.23 Å². The summed E-state index contributed by atoms with van der Waals surface area (Å²) in [6.45, 7) is 0. The fourth-order valence-corrected chi connectivity index (χ4v) is 1.42. The lowest BCUT2D eigenvalue weighted by Crippen LogP contribution is -2.44. The first kappa shape index (κ1) is 7.42. The SMILES string of the molecule is CON([O-])C1(P)CCC1. The molecule has 0 radical (unpaired) electrons. The van der Waals surface area contributed by atoms with Crippen molar-refractivity contribution in [1.29, 1.82) is 0 Å². The van der Waals surface area contributed by atoms with E-state index in [1.165, 1.54) is 7.11 Å². The Morgan fingerprint density at radius 1 is 1.67 bits per heavy atom. The van der Waals surface area contributed by atoms with Gasteiger partial charge in [-0.1, -0.05) is 0 Å². The van der Waals surface area contributed by atoms with Gasteiger partial charge in [0.25, 0.3) is 0 Å². The van der Waals surface area contributed by atoms with E-state index in [1.54, 1.807) is 0 Å². The minimum absolute atomic E-state index is 0.297. The lowest BCUT2D eigenvalue weighted by molar-refractivity contribution is -0.153. The van der Waals surface area contributed by atoms with Crippen LogP contribution in [0.5, 0.6) is 0 Å². The van der Waals surface area contributed by atoms with Crippen LogP contribution in [0, 0.1) is 5.21 Å². The maximum absolute atomic E-state index is 10.8. The van der Waals surface area contributed by atoms with Gasteiger partial charge in [-0.3, -0.25) is 5.23 Å². The molecule has 54 valence electrons. The van der Waals surface area contributed by atoms with Gasteiger partial charge in [-0.15, -0.1) is 9.24 Å². The second kappa shape index (κ2) is 2.51. The van der Waals surface area contributed by atoms with Gasteiger partial charge in [0.2, 0.25) is 0 Å². The Hall–Kier alpha value is 0.310. The molecule has 1 fully saturated rings. The van der Waals surface area contributed by atoms with Crippen molar-refractivity contribution in [1.82, 2.24) is 5.23 Å². The number of nitrogens with zero attached hydrogens (tertiary/aromatic N) is 1. The monoisotopic (exact) mass is 148 g/mol. The summed E-state index contributed by atoms with van der Waals surface area (Å²) in [6.07, 6.45) is 2.98. The fraction of sp³-hybridized carbons (Fsp3) is 1.00. The van der Waals surface area contributed by atoms with Crippen molar-refractivity contribution < 1.29 is 4.84 Å². The van der Waals surface area contributed by atoms with Crippen molar-refractivity contribution in [2.45, 2.75) is 24.5 Å². The zero-order chi connectivity index (χ0) is 6.91. The number of rotatable bonds is 2. The molecular formula is C5H11NO2P-. The van der Waals surface area contributed by atoms with E-state index in [2.05, 4.69) is 14.1 Å². The summed E-state index contributed by atoms with van der Waals surface area (Å²) in [6, 6.07) is 0. The van der Waals surface area contributed by atoms with E-state index >= 15 is 0 Å². The Balaban J connectivity index is 2.38. The van der Waals surface area contributed by atoms with E-state index in [0.717, 1.165) is 19.3 Å². The van der Waals surface area contributed by atoms with Gasteiger partial charge in [0, 0.05) is 5.28 Å². The fourth-order valence-electron chi connectivity index (χ4n) is 0.903.